The molecule has 0 bridgehead atoms. The molecule has 110 valence electrons. The first-order valence-corrected chi connectivity index (χ1v) is 7.45. The van der Waals surface area contributed by atoms with Gasteiger partial charge in [-0.2, -0.15) is 0 Å². The number of para-hydroxylation sites is 1. The largest absolute Gasteiger partial charge is 0.492 e. The van der Waals surface area contributed by atoms with E-state index in [-0.39, 0.29) is 17.9 Å². The van der Waals surface area contributed by atoms with Crippen LogP contribution in [0.1, 0.15) is 38.2 Å². The average molecular weight is 276 g/mol. The molecule has 4 nitrogen and oxygen atoms in total. The van der Waals surface area contributed by atoms with Crippen LogP contribution in [-0.4, -0.2) is 36.5 Å². The van der Waals surface area contributed by atoms with E-state index < -0.39 is 0 Å². The number of fused-ring (bicyclic) bond motifs is 1. The summed E-state index contributed by atoms with van der Waals surface area (Å²) in [7, 11) is 0. The maximum atomic E-state index is 12.8. The van der Waals surface area contributed by atoms with Crippen molar-refractivity contribution in [3.8, 4) is 5.75 Å². The lowest BCUT2D eigenvalue weighted by molar-refractivity contribution is -0.135. The number of ether oxygens (including phenoxy) is 1. The summed E-state index contributed by atoms with van der Waals surface area (Å²) in [5.41, 5.74) is 6.69. The van der Waals surface area contributed by atoms with Crippen molar-refractivity contribution >= 4 is 5.91 Å². The third-order valence-corrected chi connectivity index (χ3v) is 4.03. The van der Waals surface area contributed by atoms with Gasteiger partial charge in [0, 0.05) is 24.7 Å². The molecule has 0 radical (unpaired) electrons. The summed E-state index contributed by atoms with van der Waals surface area (Å²) in [6.07, 6.45) is 1.91. The van der Waals surface area contributed by atoms with Crippen molar-refractivity contribution in [2.24, 2.45) is 5.73 Å². The molecule has 1 aliphatic rings. The molecule has 1 unspecified atom stereocenters. The first-order valence-electron chi connectivity index (χ1n) is 7.45. The Labute approximate surface area is 120 Å². The van der Waals surface area contributed by atoms with Gasteiger partial charge in [-0.15, -0.1) is 0 Å². The molecule has 2 N–H and O–H groups in total. The number of nitrogens with two attached hydrogens (primary N) is 1. The summed E-state index contributed by atoms with van der Waals surface area (Å²) in [5, 5.41) is 0. The van der Waals surface area contributed by atoms with Crippen molar-refractivity contribution < 1.29 is 9.53 Å². The van der Waals surface area contributed by atoms with E-state index in [4.69, 9.17) is 10.5 Å². The Kier molecular flexibility index (Phi) is 5.01. The van der Waals surface area contributed by atoms with Crippen molar-refractivity contribution in [1.82, 2.24) is 4.90 Å². The van der Waals surface area contributed by atoms with Crippen LogP contribution >= 0.6 is 0 Å². The predicted octanol–water partition coefficient (Wildman–Crippen LogP) is 2.14. The summed E-state index contributed by atoms with van der Waals surface area (Å²) in [5.74, 6) is 0.801. The Morgan fingerprint density at radius 1 is 1.40 bits per heavy atom. The second-order valence-corrected chi connectivity index (χ2v) is 5.19. The van der Waals surface area contributed by atoms with Crippen LogP contribution in [0.2, 0.25) is 0 Å². The monoisotopic (exact) mass is 276 g/mol. The second kappa shape index (κ2) is 6.75. The Morgan fingerprint density at radius 3 is 2.75 bits per heavy atom. The van der Waals surface area contributed by atoms with Crippen LogP contribution in [-0.2, 0) is 4.79 Å². The Hall–Kier alpha value is -1.55. The molecular weight excluding hydrogens is 252 g/mol. The van der Waals surface area contributed by atoms with Crippen LogP contribution in [0.15, 0.2) is 24.3 Å². The van der Waals surface area contributed by atoms with Crippen LogP contribution < -0.4 is 10.5 Å². The van der Waals surface area contributed by atoms with Crippen molar-refractivity contribution in [2.45, 2.75) is 38.6 Å². The third-order valence-electron chi connectivity index (χ3n) is 4.03. The minimum atomic E-state index is -0.182. The fraction of sp³-hybridized carbons (Fsp3) is 0.562. The van der Waals surface area contributed by atoms with E-state index in [2.05, 4.69) is 13.8 Å². The lowest BCUT2D eigenvalue weighted by Crippen LogP contribution is -2.45. The van der Waals surface area contributed by atoms with E-state index >= 15 is 0 Å². The molecule has 0 aliphatic carbocycles. The maximum absolute atomic E-state index is 12.8. The van der Waals surface area contributed by atoms with Crippen molar-refractivity contribution in [1.29, 1.82) is 0 Å². The Morgan fingerprint density at radius 2 is 2.10 bits per heavy atom. The number of carbonyl (C=O) groups excluding carboxylic acids is 1. The zero-order valence-corrected chi connectivity index (χ0v) is 12.3. The van der Waals surface area contributed by atoms with E-state index in [1.165, 1.54) is 0 Å². The van der Waals surface area contributed by atoms with Gasteiger partial charge in [0.15, 0.2) is 0 Å². The molecular formula is C16H24N2O2. The van der Waals surface area contributed by atoms with E-state index in [1.54, 1.807) is 0 Å². The van der Waals surface area contributed by atoms with Crippen molar-refractivity contribution in [3.05, 3.63) is 29.8 Å². The van der Waals surface area contributed by atoms with Gasteiger partial charge in [0.05, 0.1) is 0 Å². The van der Waals surface area contributed by atoms with Crippen LogP contribution in [0.3, 0.4) is 0 Å². The molecule has 0 fully saturated rings. The van der Waals surface area contributed by atoms with Gasteiger partial charge in [-0.05, 0) is 18.9 Å². The first kappa shape index (κ1) is 14.9. The average Bonchev–Trinajstić information content (AvgIpc) is 2.91. The van der Waals surface area contributed by atoms with E-state index in [0.717, 1.165) is 24.2 Å². The molecule has 1 atom stereocenters. The minimum absolute atomic E-state index is 0.147. The fourth-order valence-electron chi connectivity index (χ4n) is 2.91. The third kappa shape index (κ3) is 2.80. The molecule has 1 aromatic carbocycles. The number of rotatable bonds is 6. The molecule has 1 heterocycles. The molecule has 4 heteroatoms. The Bertz CT molecular complexity index is 458. The van der Waals surface area contributed by atoms with Gasteiger partial charge in [0.2, 0.25) is 5.91 Å². The molecule has 1 aliphatic heterocycles. The van der Waals surface area contributed by atoms with Crippen molar-refractivity contribution in [2.75, 3.05) is 19.7 Å². The standard InChI is InChI=1S/C16H24N2O2/c1-3-12(4-2)18(10-9-17)16(19)14-11-20-15-8-6-5-7-13(14)15/h5-8,12,14H,3-4,9-11,17H2,1-2H3. The van der Waals surface area contributed by atoms with Gasteiger partial charge in [-0.25, -0.2) is 0 Å². The normalized spacial score (nSPS) is 16.9. The number of hydrogen-bond donors (Lipinski definition) is 1. The maximum Gasteiger partial charge on any atom is 0.234 e. The molecule has 0 aromatic heterocycles. The van der Waals surface area contributed by atoms with Gasteiger partial charge in [0.25, 0.3) is 0 Å². The molecule has 0 spiro atoms. The number of benzene rings is 1. The smallest absolute Gasteiger partial charge is 0.234 e. The summed E-state index contributed by atoms with van der Waals surface area (Å²) in [6, 6.07) is 8.06. The summed E-state index contributed by atoms with van der Waals surface area (Å²) in [6.45, 7) is 5.79. The van der Waals surface area contributed by atoms with Crippen LogP contribution in [0.25, 0.3) is 0 Å². The summed E-state index contributed by atoms with van der Waals surface area (Å²) in [4.78, 5) is 14.8. The molecule has 1 amide bonds. The number of nitrogens with zero attached hydrogens (tertiary/aromatic N) is 1. The summed E-state index contributed by atoms with van der Waals surface area (Å²) < 4.78 is 5.63. The fourth-order valence-corrected chi connectivity index (χ4v) is 2.91. The SMILES string of the molecule is CCC(CC)N(CCN)C(=O)C1COc2ccccc21. The Balaban J connectivity index is 2.20. The number of carbonyl (C=O) groups is 1. The highest BCUT2D eigenvalue weighted by Crippen LogP contribution is 2.35. The van der Waals surface area contributed by atoms with Crippen molar-refractivity contribution in [3.63, 3.8) is 0 Å². The molecule has 0 saturated heterocycles. The quantitative estimate of drug-likeness (QED) is 0.866. The van der Waals surface area contributed by atoms with Gasteiger partial charge in [-0.1, -0.05) is 32.0 Å². The van der Waals surface area contributed by atoms with Gasteiger partial charge < -0.3 is 15.4 Å². The summed E-state index contributed by atoms with van der Waals surface area (Å²) >= 11 is 0. The van der Waals surface area contributed by atoms with Crippen LogP contribution in [0, 0.1) is 0 Å². The van der Waals surface area contributed by atoms with Gasteiger partial charge >= 0.3 is 0 Å². The van der Waals surface area contributed by atoms with Gasteiger partial charge in [0.1, 0.15) is 18.3 Å². The van der Waals surface area contributed by atoms with E-state index in [9.17, 15) is 4.79 Å². The highest BCUT2D eigenvalue weighted by Gasteiger charge is 2.34. The van der Waals surface area contributed by atoms with Crippen LogP contribution in [0.5, 0.6) is 5.75 Å². The highest BCUT2D eigenvalue weighted by atomic mass is 16.5. The number of amides is 1. The molecule has 20 heavy (non-hydrogen) atoms. The zero-order valence-electron chi connectivity index (χ0n) is 12.3. The molecule has 2 rings (SSSR count). The molecule has 1 aromatic rings. The zero-order chi connectivity index (χ0) is 14.5. The molecule has 0 saturated carbocycles. The van der Waals surface area contributed by atoms with Crippen LogP contribution in [0.4, 0.5) is 0 Å². The highest BCUT2D eigenvalue weighted by molar-refractivity contribution is 5.85. The van der Waals surface area contributed by atoms with E-state index in [0.29, 0.717) is 19.7 Å². The number of hydrogen-bond acceptors (Lipinski definition) is 3. The van der Waals surface area contributed by atoms with E-state index in [1.807, 2.05) is 29.2 Å². The predicted molar refractivity (Wildman–Crippen MR) is 79.8 cm³/mol. The minimum Gasteiger partial charge on any atom is -0.492 e. The first-order chi connectivity index (χ1) is 9.72. The van der Waals surface area contributed by atoms with Gasteiger partial charge in [-0.3, -0.25) is 4.79 Å². The topological polar surface area (TPSA) is 55.6 Å². The lowest BCUT2D eigenvalue weighted by Gasteiger charge is -2.32. The second-order valence-electron chi connectivity index (χ2n) is 5.19. The lowest BCUT2D eigenvalue weighted by atomic mass is 9.98.